The van der Waals surface area contributed by atoms with Crippen LogP contribution in [0, 0.1) is 0 Å². The highest BCUT2D eigenvalue weighted by atomic mass is 32.2. The maximum absolute atomic E-state index is 12.7. The van der Waals surface area contributed by atoms with Gasteiger partial charge in [-0.3, -0.25) is 9.59 Å². The molecule has 1 fully saturated rings. The summed E-state index contributed by atoms with van der Waals surface area (Å²) in [6.45, 7) is 4.68. The highest BCUT2D eigenvalue weighted by Crippen LogP contribution is 2.21. The summed E-state index contributed by atoms with van der Waals surface area (Å²) in [5.41, 5.74) is 0.555. The van der Waals surface area contributed by atoms with E-state index < -0.39 is 34.4 Å². The predicted molar refractivity (Wildman–Crippen MR) is 99.4 cm³/mol. The predicted octanol–water partition coefficient (Wildman–Crippen LogP) is 1.20. The van der Waals surface area contributed by atoms with Crippen LogP contribution in [0.2, 0.25) is 0 Å². The molecule has 2 heterocycles. The molecule has 1 saturated heterocycles. The van der Waals surface area contributed by atoms with Gasteiger partial charge >= 0.3 is 5.97 Å². The number of aryl methyl sites for hydroxylation is 1. The van der Waals surface area contributed by atoms with Gasteiger partial charge in [-0.15, -0.1) is 0 Å². The Morgan fingerprint density at radius 3 is 2.52 bits per heavy atom. The molecule has 1 aliphatic heterocycles. The quantitative estimate of drug-likeness (QED) is 0.505. The number of aromatic nitrogens is 1. The van der Waals surface area contributed by atoms with E-state index in [1.807, 2.05) is 13.8 Å². The number of carbonyl (C=O) groups excluding carboxylic acids is 3. The monoisotopic (exact) mass is 398 g/mol. The third kappa shape index (κ3) is 4.97. The Morgan fingerprint density at radius 2 is 2.04 bits per heavy atom. The Bertz CT molecular complexity index is 842. The summed E-state index contributed by atoms with van der Waals surface area (Å²) < 4.78 is 30.2. The summed E-state index contributed by atoms with van der Waals surface area (Å²) in [7, 11) is -1.53. The second kappa shape index (κ2) is 8.24. The summed E-state index contributed by atoms with van der Waals surface area (Å²) in [6.07, 6.45) is 2.58. The van der Waals surface area contributed by atoms with Crippen LogP contribution >= 0.6 is 0 Å². The fourth-order valence-corrected chi connectivity index (χ4v) is 4.95. The van der Waals surface area contributed by atoms with Gasteiger partial charge in [0, 0.05) is 30.9 Å². The number of esters is 1. The molecule has 0 aliphatic carbocycles. The van der Waals surface area contributed by atoms with E-state index >= 15 is 0 Å². The molecular formula is C18H26N2O6S. The van der Waals surface area contributed by atoms with E-state index in [1.165, 1.54) is 28.7 Å². The number of nitrogens with zero attached hydrogens (tertiary/aromatic N) is 2. The molecule has 1 amide bonds. The minimum absolute atomic E-state index is 0.0587. The van der Waals surface area contributed by atoms with Gasteiger partial charge in [-0.05, 0) is 32.8 Å². The fraction of sp³-hybridized carbons (Fsp3) is 0.611. The van der Waals surface area contributed by atoms with E-state index in [0.29, 0.717) is 18.4 Å². The van der Waals surface area contributed by atoms with Gasteiger partial charge in [0.1, 0.15) is 5.69 Å². The maximum atomic E-state index is 12.7. The number of sulfone groups is 1. The van der Waals surface area contributed by atoms with Crippen LogP contribution in [0.4, 0.5) is 0 Å². The Hall–Kier alpha value is -2.16. The van der Waals surface area contributed by atoms with Crippen LogP contribution in [0.25, 0.3) is 0 Å². The normalized spacial score (nSPS) is 19.5. The van der Waals surface area contributed by atoms with Gasteiger partial charge in [0.15, 0.2) is 22.2 Å². The van der Waals surface area contributed by atoms with Gasteiger partial charge in [-0.2, -0.15) is 0 Å². The van der Waals surface area contributed by atoms with E-state index in [9.17, 15) is 22.8 Å². The first-order valence-electron chi connectivity index (χ1n) is 8.91. The van der Waals surface area contributed by atoms with Crippen molar-refractivity contribution in [2.24, 2.45) is 7.05 Å². The second-order valence-corrected chi connectivity index (χ2v) is 9.20. The van der Waals surface area contributed by atoms with Gasteiger partial charge in [0.2, 0.25) is 0 Å². The molecule has 0 spiro atoms. The number of ether oxygens (including phenoxy) is 1. The first-order chi connectivity index (χ1) is 12.6. The maximum Gasteiger partial charge on any atom is 0.355 e. The lowest BCUT2D eigenvalue weighted by Gasteiger charge is -2.33. The molecule has 0 radical (unpaired) electrons. The minimum Gasteiger partial charge on any atom is -0.451 e. The molecule has 9 heteroatoms. The number of Topliss-reactive ketones (excluding diaryl/α,β-unsaturated/α-hetero) is 1. The zero-order valence-electron chi connectivity index (χ0n) is 16.1. The van der Waals surface area contributed by atoms with Gasteiger partial charge in [0.05, 0.1) is 11.5 Å². The van der Waals surface area contributed by atoms with Crippen LogP contribution in [0.15, 0.2) is 12.3 Å². The summed E-state index contributed by atoms with van der Waals surface area (Å²) in [5, 5.41) is 0. The summed E-state index contributed by atoms with van der Waals surface area (Å²) in [5.74, 6) is -1.29. The fourth-order valence-electron chi connectivity index (χ4n) is 3.24. The van der Waals surface area contributed by atoms with Crippen molar-refractivity contribution in [3.05, 3.63) is 23.5 Å². The Morgan fingerprint density at radius 1 is 1.37 bits per heavy atom. The molecule has 0 aromatic carbocycles. The van der Waals surface area contributed by atoms with Gasteiger partial charge in [0.25, 0.3) is 5.91 Å². The van der Waals surface area contributed by atoms with Gasteiger partial charge in [-0.1, -0.05) is 6.92 Å². The van der Waals surface area contributed by atoms with Crippen molar-refractivity contribution >= 4 is 27.5 Å². The van der Waals surface area contributed by atoms with Crippen molar-refractivity contribution in [3.8, 4) is 0 Å². The van der Waals surface area contributed by atoms with Gasteiger partial charge in [-0.25, -0.2) is 13.2 Å². The largest absolute Gasteiger partial charge is 0.451 e. The first-order valence-corrected chi connectivity index (χ1v) is 10.7. The lowest BCUT2D eigenvalue weighted by Crippen LogP contribution is -2.48. The van der Waals surface area contributed by atoms with Crippen LogP contribution in [0.1, 0.15) is 54.5 Å². The molecule has 1 aliphatic rings. The molecule has 1 aromatic rings. The zero-order valence-corrected chi connectivity index (χ0v) is 16.9. The van der Waals surface area contributed by atoms with E-state index in [2.05, 4.69) is 0 Å². The van der Waals surface area contributed by atoms with E-state index in [1.54, 1.807) is 7.05 Å². The number of rotatable bonds is 7. The molecule has 0 N–H and O–H groups in total. The van der Waals surface area contributed by atoms with Crippen molar-refractivity contribution in [2.45, 2.75) is 45.7 Å². The highest BCUT2D eigenvalue weighted by molar-refractivity contribution is 7.91. The standard InChI is InChI=1S/C18H26N2O6S/c1-5-12(2)20(15-6-7-27(24,25)11-15)17(22)10-26-18(23)16-8-14(13(3)21)9-19(16)4/h8-9,12,15H,5-7,10-11H2,1-4H3/t12-,15-/m0/s1. The van der Waals surface area contributed by atoms with E-state index in [-0.39, 0.29) is 29.0 Å². The van der Waals surface area contributed by atoms with Crippen LogP contribution in [0.5, 0.6) is 0 Å². The van der Waals surface area contributed by atoms with Crippen molar-refractivity contribution in [3.63, 3.8) is 0 Å². The van der Waals surface area contributed by atoms with Crippen molar-refractivity contribution in [1.82, 2.24) is 9.47 Å². The van der Waals surface area contributed by atoms with Crippen molar-refractivity contribution < 1.29 is 27.5 Å². The third-order valence-electron chi connectivity index (χ3n) is 4.90. The van der Waals surface area contributed by atoms with Crippen LogP contribution in [-0.2, 0) is 26.4 Å². The summed E-state index contributed by atoms with van der Waals surface area (Å²) in [4.78, 5) is 37.9. The molecular weight excluding hydrogens is 372 g/mol. The van der Waals surface area contributed by atoms with Crippen molar-refractivity contribution in [2.75, 3.05) is 18.1 Å². The lowest BCUT2D eigenvalue weighted by molar-refractivity contribution is -0.138. The average Bonchev–Trinajstić information content (AvgIpc) is 3.15. The van der Waals surface area contributed by atoms with Crippen LogP contribution in [0.3, 0.4) is 0 Å². The SMILES string of the molecule is CC[C@H](C)N(C(=O)COC(=O)c1cc(C(C)=O)cn1C)[C@H]1CCS(=O)(=O)C1. The molecule has 0 unspecified atom stereocenters. The van der Waals surface area contributed by atoms with Crippen LogP contribution in [-0.4, -0.2) is 65.7 Å². The molecule has 1 aromatic heterocycles. The Labute approximate surface area is 159 Å². The lowest BCUT2D eigenvalue weighted by atomic mass is 10.1. The molecule has 27 heavy (non-hydrogen) atoms. The Kier molecular flexibility index (Phi) is 6.46. The summed E-state index contributed by atoms with van der Waals surface area (Å²) in [6, 6.07) is 0.870. The minimum atomic E-state index is -3.14. The number of carbonyl (C=O) groups is 3. The number of ketones is 1. The van der Waals surface area contributed by atoms with Gasteiger partial charge < -0.3 is 14.2 Å². The van der Waals surface area contributed by atoms with E-state index in [4.69, 9.17) is 4.74 Å². The molecule has 150 valence electrons. The average molecular weight is 398 g/mol. The summed E-state index contributed by atoms with van der Waals surface area (Å²) >= 11 is 0. The molecule has 8 nitrogen and oxygen atoms in total. The molecule has 2 rings (SSSR count). The molecule has 0 saturated carbocycles. The third-order valence-corrected chi connectivity index (χ3v) is 6.65. The topological polar surface area (TPSA) is 103 Å². The zero-order chi connectivity index (χ0) is 20.4. The van der Waals surface area contributed by atoms with E-state index in [0.717, 1.165) is 0 Å². The second-order valence-electron chi connectivity index (χ2n) is 6.97. The molecule has 2 atom stereocenters. The highest BCUT2D eigenvalue weighted by Gasteiger charge is 2.36. The Balaban J connectivity index is 2.07. The number of hydrogen-bond donors (Lipinski definition) is 0. The number of amides is 1. The smallest absolute Gasteiger partial charge is 0.355 e. The first kappa shape index (κ1) is 21.1. The van der Waals surface area contributed by atoms with Crippen molar-refractivity contribution in [1.29, 1.82) is 0 Å². The van der Waals surface area contributed by atoms with Crippen LogP contribution < -0.4 is 0 Å². The molecule has 0 bridgehead atoms. The number of hydrogen-bond acceptors (Lipinski definition) is 6.